The molecule has 7 heteroatoms. The van der Waals surface area contributed by atoms with Crippen LogP contribution in [0.1, 0.15) is 25.3 Å². The first-order valence-electron chi connectivity index (χ1n) is 8.32. The second-order valence-corrected chi connectivity index (χ2v) is 7.07. The van der Waals surface area contributed by atoms with Gasteiger partial charge in [-0.15, -0.1) is 0 Å². The summed E-state index contributed by atoms with van der Waals surface area (Å²) in [6.45, 7) is 2.85. The zero-order valence-electron chi connectivity index (χ0n) is 14.6. The molecule has 0 aliphatic carbocycles. The van der Waals surface area contributed by atoms with Crippen molar-refractivity contribution >= 4 is 41.2 Å². The number of hydrogen-bond donors (Lipinski definition) is 0. The SMILES string of the molecule is COC(=O)C1=C(C)N(CC2CCCO2)C(=O)C1=Cc1ccc(Cl)cc1Cl. The number of carbonyl (C=O) groups excluding carboxylic acids is 2. The van der Waals surface area contributed by atoms with Crippen molar-refractivity contribution in [3.8, 4) is 0 Å². The Hall–Kier alpha value is -1.82. The number of methoxy groups -OCH3 is 1. The summed E-state index contributed by atoms with van der Waals surface area (Å²) in [4.78, 5) is 26.9. The van der Waals surface area contributed by atoms with Gasteiger partial charge in [-0.25, -0.2) is 4.79 Å². The van der Waals surface area contributed by atoms with Gasteiger partial charge in [0.1, 0.15) is 0 Å². The number of benzene rings is 1. The second-order valence-electron chi connectivity index (χ2n) is 6.23. The van der Waals surface area contributed by atoms with Crippen LogP contribution in [0, 0.1) is 0 Å². The summed E-state index contributed by atoms with van der Waals surface area (Å²) in [5.41, 5.74) is 1.68. The van der Waals surface area contributed by atoms with Crippen molar-refractivity contribution in [1.29, 1.82) is 0 Å². The molecular formula is C19H19Cl2NO4. The summed E-state index contributed by atoms with van der Waals surface area (Å²) >= 11 is 12.1. The molecular weight excluding hydrogens is 377 g/mol. The maximum atomic E-state index is 13.0. The summed E-state index contributed by atoms with van der Waals surface area (Å²) in [6, 6.07) is 4.98. The predicted molar refractivity (Wildman–Crippen MR) is 99.8 cm³/mol. The Bertz CT molecular complexity index is 810. The van der Waals surface area contributed by atoms with E-state index in [9.17, 15) is 9.59 Å². The molecule has 1 saturated heterocycles. The van der Waals surface area contributed by atoms with E-state index in [1.807, 2.05) is 0 Å². The third-order valence-electron chi connectivity index (χ3n) is 4.57. The standard InChI is InChI=1S/C19H19Cl2NO4/c1-11-17(19(24)25-2)15(8-12-5-6-13(20)9-16(12)21)18(23)22(11)10-14-4-3-7-26-14/h5-6,8-9,14H,3-4,7,10H2,1-2H3. The lowest BCUT2D eigenvalue weighted by Gasteiger charge is -2.21. The topological polar surface area (TPSA) is 55.8 Å². The van der Waals surface area contributed by atoms with Gasteiger partial charge in [0, 0.05) is 22.3 Å². The molecule has 1 aromatic rings. The number of carbonyl (C=O) groups is 2. The van der Waals surface area contributed by atoms with Gasteiger partial charge in [-0.3, -0.25) is 4.79 Å². The van der Waals surface area contributed by atoms with Crippen LogP contribution in [-0.2, 0) is 19.1 Å². The number of ether oxygens (including phenoxy) is 2. The average Bonchev–Trinajstić information content (AvgIpc) is 3.20. The third kappa shape index (κ3) is 3.65. The van der Waals surface area contributed by atoms with Crippen LogP contribution in [0.4, 0.5) is 0 Å². The van der Waals surface area contributed by atoms with E-state index in [0.717, 1.165) is 12.8 Å². The molecule has 0 bridgehead atoms. The van der Waals surface area contributed by atoms with Crippen LogP contribution in [0.15, 0.2) is 35.0 Å². The summed E-state index contributed by atoms with van der Waals surface area (Å²) in [7, 11) is 1.29. The van der Waals surface area contributed by atoms with E-state index in [1.54, 1.807) is 36.1 Å². The van der Waals surface area contributed by atoms with E-state index in [2.05, 4.69) is 0 Å². The van der Waals surface area contributed by atoms with Crippen molar-refractivity contribution in [2.45, 2.75) is 25.9 Å². The molecule has 3 rings (SSSR count). The molecule has 1 amide bonds. The zero-order valence-corrected chi connectivity index (χ0v) is 16.1. The molecule has 2 heterocycles. The van der Waals surface area contributed by atoms with Gasteiger partial charge in [0.2, 0.25) is 0 Å². The molecule has 0 N–H and O–H groups in total. The highest BCUT2D eigenvalue weighted by Gasteiger charge is 2.38. The van der Waals surface area contributed by atoms with Crippen molar-refractivity contribution in [2.24, 2.45) is 0 Å². The number of nitrogens with zero attached hydrogens (tertiary/aromatic N) is 1. The molecule has 1 atom stereocenters. The van der Waals surface area contributed by atoms with Crippen LogP contribution in [-0.4, -0.2) is 43.1 Å². The second kappa shape index (κ2) is 7.82. The molecule has 0 aromatic heterocycles. The normalized spacial score (nSPS) is 21.8. The summed E-state index contributed by atoms with van der Waals surface area (Å²) in [5.74, 6) is -0.813. The third-order valence-corrected chi connectivity index (χ3v) is 5.14. The van der Waals surface area contributed by atoms with Crippen LogP contribution < -0.4 is 0 Å². The van der Waals surface area contributed by atoms with Crippen LogP contribution in [0.5, 0.6) is 0 Å². The Labute approximate surface area is 162 Å². The number of esters is 1. The van der Waals surface area contributed by atoms with E-state index in [1.165, 1.54) is 7.11 Å². The predicted octanol–water partition coefficient (Wildman–Crippen LogP) is 3.85. The zero-order chi connectivity index (χ0) is 18.8. The smallest absolute Gasteiger partial charge is 0.340 e. The fraction of sp³-hybridized carbons (Fsp3) is 0.368. The first kappa shape index (κ1) is 19.0. The molecule has 2 aliphatic heterocycles. The largest absolute Gasteiger partial charge is 0.465 e. The fourth-order valence-corrected chi connectivity index (χ4v) is 3.68. The van der Waals surface area contributed by atoms with Crippen molar-refractivity contribution < 1.29 is 19.1 Å². The van der Waals surface area contributed by atoms with Crippen molar-refractivity contribution in [1.82, 2.24) is 4.90 Å². The van der Waals surface area contributed by atoms with Gasteiger partial charge in [-0.2, -0.15) is 0 Å². The van der Waals surface area contributed by atoms with E-state index in [4.69, 9.17) is 32.7 Å². The van der Waals surface area contributed by atoms with Crippen molar-refractivity contribution in [2.75, 3.05) is 20.3 Å². The first-order chi connectivity index (χ1) is 12.4. The number of allylic oxidation sites excluding steroid dienone is 1. The van der Waals surface area contributed by atoms with Gasteiger partial charge in [-0.1, -0.05) is 29.3 Å². The molecule has 0 saturated carbocycles. The fourth-order valence-electron chi connectivity index (χ4n) is 3.21. The summed E-state index contributed by atoms with van der Waals surface area (Å²) in [5, 5.41) is 0.895. The number of halogens is 2. The lowest BCUT2D eigenvalue weighted by atomic mass is 10.0. The van der Waals surface area contributed by atoms with Crippen LogP contribution in [0.25, 0.3) is 6.08 Å². The minimum Gasteiger partial charge on any atom is -0.465 e. The molecule has 0 radical (unpaired) electrons. The first-order valence-corrected chi connectivity index (χ1v) is 9.07. The molecule has 26 heavy (non-hydrogen) atoms. The van der Waals surface area contributed by atoms with E-state index in [-0.39, 0.29) is 23.2 Å². The van der Waals surface area contributed by atoms with E-state index in [0.29, 0.717) is 34.5 Å². The van der Waals surface area contributed by atoms with Crippen molar-refractivity contribution in [3.05, 3.63) is 50.7 Å². The maximum absolute atomic E-state index is 13.0. The molecule has 138 valence electrons. The number of hydrogen-bond acceptors (Lipinski definition) is 4. The van der Waals surface area contributed by atoms with Crippen LogP contribution in [0.2, 0.25) is 10.0 Å². The van der Waals surface area contributed by atoms with Gasteiger partial charge in [0.25, 0.3) is 5.91 Å². The van der Waals surface area contributed by atoms with Gasteiger partial charge in [0.05, 0.1) is 30.9 Å². The lowest BCUT2D eigenvalue weighted by molar-refractivity contribution is -0.136. The van der Waals surface area contributed by atoms with Gasteiger partial charge in [0.15, 0.2) is 0 Å². The maximum Gasteiger partial charge on any atom is 0.340 e. The Morgan fingerprint density at radius 2 is 2.19 bits per heavy atom. The summed E-state index contributed by atoms with van der Waals surface area (Å²) in [6.07, 6.45) is 3.45. The minimum atomic E-state index is -0.554. The monoisotopic (exact) mass is 395 g/mol. The highest BCUT2D eigenvalue weighted by molar-refractivity contribution is 6.35. The quantitative estimate of drug-likeness (QED) is 0.573. The van der Waals surface area contributed by atoms with Crippen LogP contribution in [0.3, 0.4) is 0 Å². The molecule has 5 nitrogen and oxygen atoms in total. The Morgan fingerprint density at radius 1 is 1.42 bits per heavy atom. The molecule has 0 spiro atoms. The Kier molecular flexibility index (Phi) is 5.70. The van der Waals surface area contributed by atoms with E-state index < -0.39 is 5.97 Å². The molecule has 2 aliphatic rings. The number of rotatable bonds is 4. The van der Waals surface area contributed by atoms with Gasteiger partial charge in [-0.05, 0) is 43.5 Å². The van der Waals surface area contributed by atoms with Crippen LogP contribution >= 0.6 is 23.2 Å². The highest BCUT2D eigenvalue weighted by Crippen LogP contribution is 2.34. The number of amides is 1. The highest BCUT2D eigenvalue weighted by atomic mass is 35.5. The van der Waals surface area contributed by atoms with Gasteiger partial charge >= 0.3 is 5.97 Å². The lowest BCUT2D eigenvalue weighted by Crippen LogP contribution is -2.33. The summed E-state index contributed by atoms with van der Waals surface area (Å²) < 4.78 is 10.5. The molecule has 1 fully saturated rings. The molecule has 1 unspecified atom stereocenters. The Morgan fingerprint density at radius 3 is 2.81 bits per heavy atom. The van der Waals surface area contributed by atoms with E-state index >= 15 is 0 Å². The van der Waals surface area contributed by atoms with Crippen molar-refractivity contribution in [3.63, 3.8) is 0 Å². The minimum absolute atomic E-state index is 0.0220. The van der Waals surface area contributed by atoms with Gasteiger partial charge < -0.3 is 14.4 Å². The average molecular weight is 396 g/mol. The molecule has 1 aromatic carbocycles. The Balaban J connectivity index is 2.00.